The van der Waals surface area contributed by atoms with E-state index in [2.05, 4.69) is 15.3 Å². The Morgan fingerprint density at radius 1 is 1.17 bits per heavy atom. The van der Waals surface area contributed by atoms with Crippen LogP contribution in [-0.2, 0) is 6.42 Å². The number of benzene rings is 1. The Balaban J connectivity index is 1.57. The summed E-state index contributed by atoms with van der Waals surface area (Å²) in [6, 6.07) is 12.2. The van der Waals surface area contributed by atoms with Crippen LogP contribution >= 0.6 is 22.9 Å². The number of nitrogens with zero attached hydrogens (tertiary/aromatic N) is 3. The summed E-state index contributed by atoms with van der Waals surface area (Å²) in [6.45, 7) is 1.83. The Kier molecular flexibility index (Phi) is 6.42. The fourth-order valence-electron chi connectivity index (χ4n) is 4.33. The van der Waals surface area contributed by atoms with E-state index in [0.29, 0.717) is 57.5 Å². The average Bonchev–Trinajstić information content (AvgIpc) is 3.31. The summed E-state index contributed by atoms with van der Waals surface area (Å²) in [5.74, 6) is 0.438. The van der Waals surface area contributed by atoms with Crippen molar-refractivity contribution in [2.24, 2.45) is 5.73 Å². The zero-order valence-electron chi connectivity index (χ0n) is 19.5. The molecule has 0 fully saturated rings. The topological polar surface area (TPSA) is 120 Å². The van der Waals surface area contributed by atoms with Gasteiger partial charge in [0, 0.05) is 27.3 Å². The number of nitrogens with two attached hydrogens (primary N) is 1. The van der Waals surface area contributed by atoms with Gasteiger partial charge in [-0.1, -0.05) is 41.9 Å². The van der Waals surface area contributed by atoms with E-state index in [0.717, 1.165) is 4.88 Å². The van der Waals surface area contributed by atoms with Crippen molar-refractivity contribution in [2.45, 2.75) is 25.8 Å². The molecule has 0 aliphatic carbocycles. The summed E-state index contributed by atoms with van der Waals surface area (Å²) in [4.78, 5) is 40.1. The van der Waals surface area contributed by atoms with Crippen molar-refractivity contribution in [2.75, 3.05) is 12.4 Å². The number of primary amides is 1. The number of aryl methyl sites for hydroxylation is 2. The number of nitrogens with one attached hydrogen (secondary N) is 1. The quantitative estimate of drug-likeness (QED) is 0.273. The number of carbonyl (C=O) groups is 2. The van der Waals surface area contributed by atoms with Gasteiger partial charge in [0.15, 0.2) is 5.78 Å². The van der Waals surface area contributed by atoms with Crippen LogP contribution in [0.3, 0.4) is 0 Å². The van der Waals surface area contributed by atoms with Crippen LogP contribution < -0.4 is 15.8 Å². The third-order valence-corrected chi connectivity index (χ3v) is 7.31. The molecule has 0 radical (unpaired) electrons. The molecule has 0 spiro atoms. The minimum Gasteiger partial charge on any atom is -0.494 e. The molecule has 36 heavy (non-hydrogen) atoms. The predicted molar refractivity (Wildman–Crippen MR) is 140 cm³/mol. The third-order valence-electron chi connectivity index (χ3n) is 5.98. The van der Waals surface area contributed by atoms with E-state index in [1.165, 1.54) is 24.6 Å². The number of ketones is 1. The smallest absolute Gasteiger partial charge is 0.251 e. The zero-order valence-corrected chi connectivity index (χ0v) is 21.1. The van der Waals surface area contributed by atoms with E-state index in [1.807, 2.05) is 37.3 Å². The minimum atomic E-state index is -0.652. The van der Waals surface area contributed by atoms with Gasteiger partial charge in [-0.05, 0) is 31.9 Å². The number of carbonyl (C=O) groups excluding carboxylic acids is 2. The molecule has 0 bridgehead atoms. The van der Waals surface area contributed by atoms with Crippen LogP contribution in [0.5, 0.6) is 5.75 Å². The largest absolute Gasteiger partial charge is 0.494 e. The number of hydrogen-bond donors (Lipinski definition) is 2. The van der Waals surface area contributed by atoms with Crippen molar-refractivity contribution in [3.8, 4) is 27.6 Å². The molecule has 0 saturated heterocycles. The fourth-order valence-corrected chi connectivity index (χ4v) is 5.52. The monoisotopic (exact) mass is 519 g/mol. The van der Waals surface area contributed by atoms with Crippen LogP contribution in [0.1, 0.15) is 37.7 Å². The van der Waals surface area contributed by atoms with E-state index in [4.69, 9.17) is 27.1 Å². The second kappa shape index (κ2) is 9.67. The van der Waals surface area contributed by atoms with Crippen molar-refractivity contribution in [3.05, 3.63) is 75.5 Å². The van der Waals surface area contributed by atoms with Crippen molar-refractivity contribution in [1.29, 1.82) is 0 Å². The molecule has 1 aliphatic rings. The molecule has 5 rings (SSSR count). The van der Waals surface area contributed by atoms with E-state index in [-0.39, 0.29) is 22.5 Å². The molecule has 1 aromatic carbocycles. The molecule has 0 saturated carbocycles. The fraction of sp³-hybridized carbons (Fsp3) is 0.192. The number of Topliss-reactive ketones (excluding diaryl/α,β-unsaturated/α-hetero) is 1. The maximum absolute atomic E-state index is 13.0. The van der Waals surface area contributed by atoms with Crippen LogP contribution in [0.2, 0.25) is 5.15 Å². The number of fused-ring (bicyclic) bond motifs is 1. The Morgan fingerprint density at radius 2 is 1.94 bits per heavy atom. The highest BCUT2D eigenvalue weighted by Gasteiger charge is 2.30. The Bertz CT molecular complexity index is 1490. The number of pyridine rings is 2. The molecule has 1 aliphatic heterocycles. The number of rotatable bonds is 6. The Morgan fingerprint density at radius 3 is 2.67 bits per heavy atom. The summed E-state index contributed by atoms with van der Waals surface area (Å²) in [6.07, 6.45) is 2.82. The normalized spacial score (nSPS) is 14.6. The van der Waals surface area contributed by atoms with Crippen molar-refractivity contribution in [3.63, 3.8) is 0 Å². The molecule has 8 nitrogen and oxygen atoms in total. The predicted octanol–water partition coefficient (Wildman–Crippen LogP) is 4.95. The molecule has 4 heterocycles. The van der Waals surface area contributed by atoms with Crippen LogP contribution in [0.25, 0.3) is 21.8 Å². The van der Waals surface area contributed by atoms with Gasteiger partial charge < -0.3 is 15.8 Å². The summed E-state index contributed by atoms with van der Waals surface area (Å²) in [5.41, 5.74) is 8.88. The van der Waals surface area contributed by atoms with Crippen LogP contribution in [0.15, 0.2) is 48.7 Å². The number of halogens is 1. The Labute approximate surface area is 216 Å². The number of thiazole rings is 1. The third kappa shape index (κ3) is 4.43. The number of hydrogen-bond acceptors (Lipinski definition) is 8. The van der Waals surface area contributed by atoms with Gasteiger partial charge in [-0.3, -0.25) is 9.59 Å². The van der Waals surface area contributed by atoms with Crippen molar-refractivity contribution >= 4 is 40.4 Å². The number of anilines is 1. The lowest BCUT2D eigenvalue weighted by molar-refractivity contribution is 0.0963. The van der Waals surface area contributed by atoms with Gasteiger partial charge in [-0.15, -0.1) is 11.3 Å². The van der Waals surface area contributed by atoms with Gasteiger partial charge >= 0.3 is 0 Å². The summed E-state index contributed by atoms with van der Waals surface area (Å²) in [5, 5.41) is 4.07. The van der Waals surface area contributed by atoms with Crippen LogP contribution in [-0.4, -0.2) is 39.8 Å². The first-order chi connectivity index (χ1) is 17.4. The molecule has 4 aromatic rings. The molecule has 1 unspecified atom stereocenters. The average molecular weight is 520 g/mol. The second-order valence-electron chi connectivity index (χ2n) is 8.36. The SMILES string of the molecule is COc1cnc(Cl)cc1-c1cc(C)nc(-c2nc3c(s2)CCC(C(=O)c2ccccc2)N3)c1C(N)=O. The van der Waals surface area contributed by atoms with Gasteiger partial charge in [0.2, 0.25) is 0 Å². The van der Waals surface area contributed by atoms with Crippen LogP contribution in [0, 0.1) is 6.92 Å². The summed E-state index contributed by atoms with van der Waals surface area (Å²) >= 11 is 7.59. The second-order valence-corrected chi connectivity index (χ2v) is 9.83. The zero-order chi connectivity index (χ0) is 25.4. The first kappa shape index (κ1) is 23.9. The van der Waals surface area contributed by atoms with Crippen molar-refractivity contribution < 1.29 is 14.3 Å². The van der Waals surface area contributed by atoms with E-state index in [1.54, 1.807) is 12.1 Å². The van der Waals surface area contributed by atoms with Gasteiger partial charge in [-0.25, -0.2) is 15.0 Å². The molecule has 1 atom stereocenters. The van der Waals surface area contributed by atoms with Gasteiger partial charge in [-0.2, -0.15) is 0 Å². The first-order valence-corrected chi connectivity index (χ1v) is 12.4. The summed E-state index contributed by atoms with van der Waals surface area (Å²) < 4.78 is 5.46. The number of methoxy groups -OCH3 is 1. The standard InChI is InChI=1S/C26H22ClN5O3S/c1-13-10-16(15-11-20(27)29-12-18(15)35-2)21(24(28)34)22(30-13)26-32-25-19(36-26)9-8-17(31-25)23(33)14-6-4-3-5-7-14/h3-7,10-12,17,31H,8-9H2,1-2H3,(H2,28,34). The van der Waals surface area contributed by atoms with E-state index in [9.17, 15) is 9.59 Å². The van der Waals surface area contributed by atoms with Crippen LogP contribution in [0.4, 0.5) is 5.82 Å². The highest BCUT2D eigenvalue weighted by Crippen LogP contribution is 2.41. The number of amides is 1. The molecule has 1 amide bonds. The van der Waals surface area contributed by atoms with E-state index < -0.39 is 5.91 Å². The molecule has 3 aromatic heterocycles. The van der Waals surface area contributed by atoms with Gasteiger partial charge in [0.1, 0.15) is 27.4 Å². The maximum Gasteiger partial charge on any atom is 0.251 e. The van der Waals surface area contributed by atoms with Gasteiger partial charge in [0.25, 0.3) is 5.91 Å². The number of ether oxygens (including phenoxy) is 1. The minimum absolute atomic E-state index is 0.0197. The number of aromatic nitrogens is 3. The Hall–Kier alpha value is -3.82. The molecule has 10 heteroatoms. The highest BCUT2D eigenvalue weighted by atomic mass is 35.5. The lowest BCUT2D eigenvalue weighted by Crippen LogP contribution is -2.33. The molecule has 3 N–H and O–H groups in total. The maximum atomic E-state index is 13.0. The summed E-state index contributed by atoms with van der Waals surface area (Å²) in [7, 11) is 1.51. The molecular formula is C26H22ClN5O3S. The van der Waals surface area contributed by atoms with E-state index >= 15 is 0 Å². The molecule has 182 valence electrons. The lowest BCUT2D eigenvalue weighted by atomic mass is 9.97. The lowest BCUT2D eigenvalue weighted by Gasteiger charge is -2.22. The molecular weight excluding hydrogens is 498 g/mol. The van der Waals surface area contributed by atoms with Gasteiger partial charge in [0.05, 0.1) is 24.9 Å². The van der Waals surface area contributed by atoms with Crippen molar-refractivity contribution in [1.82, 2.24) is 15.0 Å². The first-order valence-electron chi connectivity index (χ1n) is 11.2. The highest BCUT2D eigenvalue weighted by molar-refractivity contribution is 7.15.